The van der Waals surface area contributed by atoms with Gasteiger partial charge in [0, 0.05) is 18.9 Å². The van der Waals surface area contributed by atoms with Gasteiger partial charge in [-0.1, -0.05) is 0 Å². The van der Waals surface area contributed by atoms with Gasteiger partial charge < -0.3 is 19.4 Å². The number of ether oxygens (including phenoxy) is 2. The smallest absolute Gasteiger partial charge is 0.272 e. The largest absolute Gasteiger partial charge is 0.494 e. The van der Waals surface area contributed by atoms with Gasteiger partial charge in [0.1, 0.15) is 22.9 Å². The molecule has 0 aliphatic heterocycles. The Labute approximate surface area is 146 Å². The Bertz CT molecular complexity index is 836. The van der Waals surface area contributed by atoms with Gasteiger partial charge in [-0.25, -0.2) is 0 Å². The van der Waals surface area contributed by atoms with E-state index in [4.69, 9.17) is 9.47 Å². The van der Waals surface area contributed by atoms with Crippen LogP contribution in [0.25, 0.3) is 0 Å². The first-order chi connectivity index (χ1) is 12.2. The zero-order valence-corrected chi connectivity index (χ0v) is 14.2. The lowest BCUT2D eigenvalue weighted by molar-refractivity contribution is 0.101. The van der Waals surface area contributed by atoms with Crippen LogP contribution < -0.4 is 14.8 Å². The number of nitrogens with one attached hydrogen (secondary N) is 1. The molecule has 3 rings (SSSR count). The number of carbonyl (C=O) groups excluding carboxylic acids is 1. The number of carbonyl (C=O) groups is 1. The Morgan fingerprint density at radius 1 is 0.960 bits per heavy atom. The molecule has 0 atom stereocenters. The molecule has 0 bridgehead atoms. The van der Waals surface area contributed by atoms with E-state index in [2.05, 4.69) is 5.32 Å². The molecule has 5 nitrogen and oxygen atoms in total. The van der Waals surface area contributed by atoms with Crippen molar-refractivity contribution in [2.75, 3.05) is 11.9 Å². The summed E-state index contributed by atoms with van der Waals surface area (Å²) < 4.78 is 13.0. The molecule has 0 aliphatic rings. The quantitative estimate of drug-likeness (QED) is 0.722. The van der Waals surface area contributed by atoms with Gasteiger partial charge in [-0.05, 0) is 67.6 Å². The van der Waals surface area contributed by atoms with E-state index in [1.807, 2.05) is 74.8 Å². The number of hydrogen-bond donors (Lipinski definition) is 1. The van der Waals surface area contributed by atoms with E-state index in [1.54, 1.807) is 10.6 Å². The van der Waals surface area contributed by atoms with Gasteiger partial charge in [-0.3, -0.25) is 4.79 Å². The van der Waals surface area contributed by atoms with Crippen LogP contribution in [0.2, 0.25) is 0 Å². The molecule has 0 aliphatic carbocycles. The number of nitrogens with zero attached hydrogens (tertiary/aromatic N) is 1. The first-order valence-corrected chi connectivity index (χ1v) is 8.09. The van der Waals surface area contributed by atoms with Crippen LogP contribution in [-0.4, -0.2) is 17.1 Å². The Morgan fingerprint density at radius 3 is 2.12 bits per heavy atom. The van der Waals surface area contributed by atoms with Gasteiger partial charge in [-0.2, -0.15) is 0 Å². The molecule has 5 heteroatoms. The second kappa shape index (κ2) is 7.57. The molecule has 0 saturated carbocycles. The summed E-state index contributed by atoms with van der Waals surface area (Å²) >= 11 is 0. The molecule has 2 aromatic carbocycles. The van der Waals surface area contributed by atoms with E-state index in [9.17, 15) is 4.79 Å². The van der Waals surface area contributed by atoms with E-state index in [1.165, 1.54) is 0 Å². The fourth-order valence-electron chi connectivity index (χ4n) is 2.41. The minimum atomic E-state index is -0.146. The maximum atomic E-state index is 12.2. The van der Waals surface area contributed by atoms with E-state index in [0.717, 1.165) is 11.5 Å². The minimum Gasteiger partial charge on any atom is -0.494 e. The van der Waals surface area contributed by atoms with Gasteiger partial charge in [0.15, 0.2) is 0 Å². The van der Waals surface area contributed by atoms with Gasteiger partial charge in [-0.15, -0.1) is 0 Å². The van der Waals surface area contributed by atoms with Gasteiger partial charge in [0.25, 0.3) is 5.91 Å². The average Bonchev–Trinajstić information content (AvgIpc) is 3.05. The molecule has 0 spiro atoms. The highest BCUT2D eigenvalue weighted by atomic mass is 16.5. The third-order valence-electron chi connectivity index (χ3n) is 3.66. The lowest BCUT2D eigenvalue weighted by atomic mass is 10.3. The molecule has 1 heterocycles. The van der Waals surface area contributed by atoms with Crippen LogP contribution in [0.5, 0.6) is 17.2 Å². The van der Waals surface area contributed by atoms with Crippen LogP contribution in [0.15, 0.2) is 66.9 Å². The summed E-state index contributed by atoms with van der Waals surface area (Å²) in [5, 5.41) is 2.87. The van der Waals surface area contributed by atoms with E-state index < -0.39 is 0 Å². The van der Waals surface area contributed by atoms with Crippen molar-refractivity contribution < 1.29 is 14.3 Å². The van der Waals surface area contributed by atoms with Crippen molar-refractivity contribution in [1.29, 1.82) is 0 Å². The highest BCUT2D eigenvalue weighted by molar-refractivity contribution is 6.03. The first-order valence-electron chi connectivity index (χ1n) is 8.09. The Hall–Kier alpha value is -3.21. The summed E-state index contributed by atoms with van der Waals surface area (Å²) in [6.45, 7) is 2.58. The summed E-state index contributed by atoms with van der Waals surface area (Å²) in [5.74, 6) is 2.09. The second-order valence-corrected chi connectivity index (χ2v) is 5.49. The third-order valence-corrected chi connectivity index (χ3v) is 3.66. The SMILES string of the molecule is CCOc1ccc(Oc2ccc(NC(=O)c3cccn3C)cc2)cc1. The van der Waals surface area contributed by atoms with E-state index in [0.29, 0.717) is 23.7 Å². The summed E-state index contributed by atoms with van der Waals surface area (Å²) in [6.07, 6.45) is 1.84. The van der Waals surface area contributed by atoms with Crippen molar-refractivity contribution in [2.45, 2.75) is 6.92 Å². The van der Waals surface area contributed by atoms with Crippen molar-refractivity contribution in [1.82, 2.24) is 4.57 Å². The van der Waals surface area contributed by atoms with Gasteiger partial charge in [0.05, 0.1) is 6.61 Å². The summed E-state index contributed by atoms with van der Waals surface area (Å²) in [7, 11) is 1.84. The highest BCUT2D eigenvalue weighted by Gasteiger charge is 2.09. The number of aryl methyl sites for hydroxylation is 1. The Balaban J connectivity index is 1.62. The second-order valence-electron chi connectivity index (χ2n) is 5.49. The maximum Gasteiger partial charge on any atom is 0.272 e. The number of anilines is 1. The molecule has 128 valence electrons. The first kappa shape index (κ1) is 16.6. The molecular formula is C20H20N2O3. The van der Waals surface area contributed by atoms with Crippen LogP contribution in [-0.2, 0) is 7.05 Å². The van der Waals surface area contributed by atoms with Crippen LogP contribution in [0.3, 0.4) is 0 Å². The summed E-state index contributed by atoms with van der Waals surface area (Å²) in [5.41, 5.74) is 1.32. The monoisotopic (exact) mass is 336 g/mol. The molecule has 0 radical (unpaired) electrons. The molecule has 0 unspecified atom stereocenters. The standard InChI is InChI=1S/C20H20N2O3/c1-3-24-16-10-12-18(13-11-16)25-17-8-6-15(7-9-17)21-20(23)19-5-4-14-22(19)2/h4-14H,3H2,1-2H3,(H,21,23). The van der Waals surface area contributed by atoms with Crippen molar-refractivity contribution in [3.8, 4) is 17.2 Å². The van der Waals surface area contributed by atoms with Crippen LogP contribution in [0.4, 0.5) is 5.69 Å². The zero-order chi connectivity index (χ0) is 17.6. The van der Waals surface area contributed by atoms with Crippen molar-refractivity contribution in [3.63, 3.8) is 0 Å². The van der Waals surface area contributed by atoms with Crippen molar-refractivity contribution in [3.05, 3.63) is 72.6 Å². The number of aromatic nitrogens is 1. The van der Waals surface area contributed by atoms with Crippen LogP contribution in [0.1, 0.15) is 17.4 Å². The Kier molecular flexibility index (Phi) is 5.04. The Morgan fingerprint density at radius 2 is 1.56 bits per heavy atom. The van der Waals surface area contributed by atoms with E-state index in [-0.39, 0.29) is 5.91 Å². The average molecular weight is 336 g/mol. The topological polar surface area (TPSA) is 52.5 Å². The summed E-state index contributed by atoms with van der Waals surface area (Å²) in [6, 6.07) is 18.3. The molecule has 1 N–H and O–H groups in total. The van der Waals surface area contributed by atoms with Crippen LogP contribution in [0, 0.1) is 0 Å². The maximum absolute atomic E-state index is 12.2. The minimum absolute atomic E-state index is 0.146. The van der Waals surface area contributed by atoms with E-state index >= 15 is 0 Å². The normalized spacial score (nSPS) is 10.3. The lowest BCUT2D eigenvalue weighted by Crippen LogP contribution is -2.15. The predicted octanol–water partition coefficient (Wildman–Crippen LogP) is 4.47. The van der Waals surface area contributed by atoms with Gasteiger partial charge in [0.2, 0.25) is 0 Å². The zero-order valence-electron chi connectivity index (χ0n) is 14.2. The van der Waals surface area contributed by atoms with Crippen molar-refractivity contribution in [2.24, 2.45) is 7.05 Å². The number of amides is 1. The fraction of sp³-hybridized carbons (Fsp3) is 0.150. The number of hydrogen-bond acceptors (Lipinski definition) is 3. The fourth-order valence-corrected chi connectivity index (χ4v) is 2.41. The third kappa shape index (κ3) is 4.20. The molecule has 3 aromatic rings. The van der Waals surface area contributed by atoms with Crippen LogP contribution >= 0.6 is 0 Å². The molecule has 1 amide bonds. The molecule has 0 fully saturated rings. The highest BCUT2D eigenvalue weighted by Crippen LogP contribution is 2.25. The predicted molar refractivity (Wildman–Crippen MR) is 97.5 cm³/mol. The number of rotatable bonds is 6. The van der Waals surface area contributed by atoms with Gasteiger partial charge >= 0.3 is 0 Å². The summed E-state index contributed by atoms with van der Waals surface area (Å²) in [4.78, 5) is 12.2. The molecule has 25 heavy (non-hydrogen) atoms. The molecule has 1 aromatic heterocycles. The lowest BCUT2D eigenvalue weighted by Gasteiger charge is -2.09. The van der Waals surface area contributed by atoms with Crippen molar-refractivity contribution >= 4 is 11.6 Å². The molecular weight excluding hydrogens is 316 g/mol. The molecule has 0 saturated heterocycles. The number of benzene rings is 2.